The number of rotatable bonds is 5. The molecule has 2 aliphatic carbocycles. The van der Waals surface area contributed by atoms with Crippen LogP contribution in [-0.4, -0.2) is 14.5 Å². The van der Waals surface area contributed by atoms with Gasteiger partial charge in [-0.1, -0.05) is 63.3 Å². The third-order valence-corrected chi connectivity index (χ3v) is 4.95. The molecule has 0 saturated carbocycles. The number of nitrogens with zero attached hydrogens (tertiary/aromatic N) is 3. The summed E-state index contributed by atoms with van der Waals surface area (Å²) in [6.45, 7) is 6.11. The van der Waals surface area contributed by atoms with Crippen molar-refractivity contribution in [2.75, 3.05) is 5.43 Å². The minimum absolute atomic E-state index is 0.153. The van der Waals surface area contributed by atoms with E-state index in [0.29, 0.717) is 12.2 Å². The maximum atomic E-state index is 12.4. The molecule has 0 radical (unpaired) electrons. The van der Waals surface area contributed by atoms with Crippen molar-refractivity contribution in [1.82, 2.24) is 14.5 Å². The molecule has 1 aromatic carbocycles. The van der Waals surface area contributed by atoms with Gasteiger partial charge in [-0.25, -0.2) is 15.2 Å². The average Bonchev–Trinajstić information content (AvgIpc) is 3.39. The minimum atomic E-state index is -0.356. The molecule has 146 valence electrons. The quantitative estimate of drug-likeness (QED) is 0.616. The summed E-state index contributed by atoms with van der Waals surface area (Å²) < 4.78 is 1.61. The molecule has 0 atom stereocenters. The average molecular weight is 377 g/mol. The number of benzene rings is 1. The summed E-state index contributed by atoms with van der Waals surface area (Å²) in [5.41, 5.74) is 8.06. The van der Waals surface area contributed by atoms with Gasteiger partial charge in [-0.3, -0.25) is 5.43 Å². The van der Waals surface area contributed by atoms with Crippen molar-refractivity contribution in [1.29, 1.82) is 0 Å². The molecule has 6 heteroatoms. The summed E-state index contributed by atoms with van der Waals surface area (Å²) in [5, 5.41) is 0. The zero-order valence-electron chi connectivity index (χ0n) is 16.7. The van der Waals surface area contributed by atoms with Crippen molar-refractivity contribution in [3.05, 3.63) is 81.1 Å². The van der Waals surface area contributed by atoms with E-state index in [1.807, 2.05) is 25.1 Å². The molecule has 3 N–H and O–H groups in total. The van der Waals surface area contributed by atoms with Gasteiger partial charge in [0.1, 0.15) is 5.82 Å². The van der Waals surface area contributed by atoms with Crippen LogP contribution in [-0.2, 0) is 19.3 Å². The molecule has 0 aliphatic heterocycles. The van der Waals surface area contributed by atoms with Gasteiger partial charge in [0.25, 0.3) is 0 Å². The molecule has 6 nitrogen and oxygen atoms in total. The highest BCUT2D eigenvalue weighted by atomic mass is 16.1. The van der Waals surface area contributed by atoms with Gasteiger partial charge in [0.05, 0.1) is 5.69 Å². The van der Waals surface area contributed by atoms with Crippen molar-refractivity contribution in [3.63, 3.8) is 0 Å². The van der Waals surface area contributed by atoms with Crippen molar-refractivity contribution in [2.45, 2.75) is 46.5 Å². The lowest BCUT2D eigenvalue weighted by molar-refractivity contribution is 0.756. The zero-order chi connectivity index (χ0) is 20.1. The van der Waals surface area contributed by atoms with E-state index < -0.39 is 0 Å². The van der Waals surface area contributed by atoms with E-state index in [0.717, 1.165) is 29.7 Å². The van der Waals surface area contributed by atoms with Crippen molar-refractivity contribution in [2.24, 2.45) is 5.84 Å². The Morgan fingerprint density at radius 2 is 1.61 bits per heavy atom. The highest BCUT2D eigenvalue weighted by Crippen LogP contribution is 2.27. The molecule has 0 spiro atoms. The van der Waals surface area contributed by atoms with E-state index in [1.54, 1.807) is 4.57 Å². The molecule has 4 rings (SSSR count). The van der Waals surface area contributed by atoms with Crippen molar-refractivity contribution < 1.29 is 0 Å². The third-order valence-electron chi connectivity index (χ3n) is 4.95. The molecular formula is C22H27N5O. The molecule has 1 aromatic heterocycles. The van der Waals surface area contributed by atoms with Crippen molar-refractivity contribution >= 4 is 5.95 Å². The largest absolute Gasteiger partial charge is 0.356 e. The van der Waals surface area contributed by atoms with Gasteiger partial charge in [0.15, 0.2) is 0 Å². The first-order chi connectivity index (χ1) is 13.6. The Morgan fingerprint density at radius 1 is 1.00 bits per heavy atom. The Kier molecular flexibility index (Phi) is 6.21. The zero-order valence-corrected chi connectivity index (χ0v) is 16.7. The molecule has 1 heterocycles. The lowest BCUT2D eigenvalue weighted by Gasteiger charge is -2.17. The summed E-state index contributed by atoms with van der Waals surface area (Å²) in [6.07, 6.45) is 12.2. The normalized spacial score (nSPS) is 13.7. The number of hydrogen-bond donors (Lipinski definition) is 2. The van der Waals surface area contributed by atoms with Crippen LogP contribution in [0.1, 0.15) is 44.1 Å². The number of fused-ring (bicyclic) bond motifs is 2. The van der Waals surface area contributed by atoms with Gasteiger partial charge in [-0.15, -0.1) is 0 Å². The fourth-order valence-corrected chi connectivity index (χ4v) is 3.49. The predicted molar refractivity (Wildman–Crippen MR) is 113 cm³/mol. The maximum Gasteiger partial charge on any atom is 0.356 e. The Labute approximate surface area is 165 Å². The molecule has 0 saturated heterocycles. The molecule has 0 amide bonds. The second kappa shape index (κ2) is 8.80. The number of hydrazine groups is 1. The van der Waals surface area contributed by atoms with Gasteiger partial charge in [-0.05, 0) is 41.5 Å². The smallest absolute Gasteiger partial charge is 0.292 e. The van der Waals surface area contributed by atoms with Gasteiger partial charge < -0.3 is 0 Å². The topological polar surface area (TPSA) is 85.8 Å². The number of anilines is 1. The van der Waals surface area contributed by atoms with Gasteiger partial charge >= 0.3 is 5.69 Å². The van der Waals surface area contributed by atoms with Crippen LogP contribution in [0.2, 0.25) is 0 Å². The maximum absolute atomic E-state index is 12.4. The third kappa shape index (κ3) is 3.97. The molecule has 2 aromatic rings. The van der Waals surface area contributed by atoms with E-state index in [9.17, 15) is 4.79 Å². The number of hydrogen-bond acceptors (Lipinski definition) is 5. The number of aryl methyl sites for hydroxylation is 3. The second-order valence-electron chi connectivity index (χ2n) is 6.70. The molecule has 0 unspecified atom stereocenters. The Morgan fingerprint density at radius 3 is 2.00 bits per heavy atom. The first-order valence-corrected chi connectivity index (χ1v) is 9.76. The van der Waals surface area contributed by atoms with Crippen LogP contribution in [0.15, 0.2) is 58.4 Å². The molecule has 2 bridgehead atoms. The number of nitrogen functional groups attached to an aromatic ring is 1. The Hall–Kier alpha value is -2.99. The Balaban J connectivity index is 0.000000264. The van der Waals surface area contributed by atoms with Crippen molar-refractivity contribution in [3.8, 4) is 5.69 Å². The molecular weight excluding hydrogens is 350 g/mol. The van der Waals surface area contributed by atoms with Crippen LogP contribution >= 0.6 is 0 Å². The van der Waals surface area contributed by atoms with Gasteiger partial charge in [-0.2, -0.15) is 9.97 Å². The van der Waals surface area contributed by atoms with Gasteiger partial charge in [0.2, 0.25) is 5.95 Å². The van der Waals surface area contributed by atoms with Crippen LogP contribution < -0.4 is 17.0 Å². The highest BCUT2D eigenvalue weighted by Gasteiger charge is 2.16. The summed E-state index contributed by atoms with van der Waals surface area (Å²) in [7, 11) is 0. The fraction of sp³-hybridized carbons (Fsp3) is 0.318. The van der Waals surface area contributed by atoms with E-state index in [1.165, 1.54) is 17.6 Å². The minimum Gasteiger partial charge on any atom is -0.292 e. The first kappa shape index (κ1) is 19.8. The van der Waals surface area contributed by atoms with Crippen LogP contribution in [0, 0.1) is 0 Å². The monoisotopic (exact) mass is 377 g/mol. The highest BCUT2D eigenvalue weighted by molar-refractivity contribution is 5.50. The molecule has 0 fully saturated rings. The predicted octanol–water partition coefficient (Wildman–Crippen LogP) is 3.41. The molecule has 2 aliphatic rings. The Bertz CT molecular complexity index is 972. The van der Waals surface area contributed by atoms with E-state index in [2.05, 4.69) is 53.5 Å². The number of allylic oxidation sites excluding steroid dienone is 6. The lowest BCUT2D eigenvalue weighted by atomic mass is 10.0. The van der Waals surface area contributed by atoms with E-state index in [4.69, 9.17) is 5.84 Å². The number of aromatic nitrogens is 3. The van der Waals surface area contributed by atoms with Crippen LogP contribution in [0.4, 0.5) is 5.95 Å². The summed E-state index contributed by atoms with van der Waals surface area (Å²) in [5.74, 6) is 6.12. The number of nitrogens with two attached hydrogens (primary N) is 1. The first-order valence-electron chi connectivity index (χ1n) is 9.76. The number of nitrogens with one attached hydrogen (secondary N) is 1. The van der Waals surface area contributed by atoms with Gasteiger partial charge in [0, 0.05) is 6.42 Å². The van der Waals surface area contributed by atoms with E-state index in [-0.39, 0.29) is 11.6 Å². The summed E-state index contributed by atoms with van der Waals surface area (Å²) in [4.78, 5) is 20.6. The summed E-state index contributed by atoms with van der Waals surface area (Å²) >= 11 is 0. The lowest BCUT2D eigenvalue weighted by Crippen LogP contribution is -2.30. The van der Waals surface area contributed by atoms with Crippen LogP contribution in [0.3, 0.4) is 0 Å². The van der Waals surface area contributed by atoms with E-state index >= 15 is 0 Å². The van der Waals surface area contributed by atoms with Crippen LogP contribution in [0.5, 0.6) is 0 Å². The fourth-order valence-electron chi connectivity index (χ4n) is 3.49. The second-order valence-corrected chi connectivity index (χ2v) is 6.70. The van der Waals surface area contributed by atoms with Crippen LogP contribution in [0.25, 0.3) is 5.69 Å². The summed E-state index contributed by atoms with van der Waals surface area (Å²) in [6, 6.07) is 6.10. The standard InChI is InChI=1S/C15H21N5O.C7H6/c1-4-10-8-7-9-11(5-2)13(10)20-12(6-3)17-14(19-16)18-15(20)21;1-2-7-4-3-6(1)5-7/h7-9H,4-6,16H2,1-3H3,(H,18,19,21);1-4H,5H2. The molecule has 28 heavy (non-hydrogen) atoms. The SMILES string of the molecule is C1=CC2=CC=C1C2.CCc1cccc(CC)c1-n1c(CC)nc(NN)nc1=O. The number of para-hydroxylation sites is 1.